The van der Waals surface area contributed by atoms with E-state index in [1.807, 2.05) is 13.1 Å². The average Bonchev–Trinajstić information content (AvgIpc) is 2.63. The smallest absolute Gasteiger partial charge is 0.406 e. The van der Waals surface area contributed by atoms with Crippen LogP contribution in [0.5, 0.6) is 5.75 Å². The van der Waals surface area contributed by atoms with Crippen molar-refractivity contribution in [2.24, 2.45) is 5.92 Å². The molecule has 1 aliphatic carbocycles. The number of hydrogen-bond donors (Lipinski definition) is 1. The van der Waals surface area contributed by atoms with E-state index in [0.717, 1.165) is 31.4 Å². The average molecular weight is 301 g/mol. The molecule has 0 aliphatic heterocycles. The van der Waals surface area contributed by atoms with Gasteiger partial charge in [0, 0.05) is 0 Å². The number of alkyl halides is 3. The molecular weight excluding hydrogens is 279 g/mol. The number of rotatable bonds is 4. The maximum atomic E-state index is 12.3. The summed E-state index contributed by atoms with van der Waals surface area (Å²) < 4.78 is 41.1. The molecule has 1 aliphatic rings. The first-order valence-corrected chi connectivity index (χ1v) is 7.50. The Morgan fingerprint density at radius 2 is 1.95 bits per heavy atom. The van der Waals surface area contributed by atoms with Crippen molar-refractivity contribution >= 4 is 0 Å². The molecule has 0 aromatic heterocycles. The molecule has 1 N–H and O–H groups in total. The molecule has 1 aromatic rings. The van der Waals surface area contributed by atoms with Crippen LogP contribution in [0.4, 0.5) is 13.2 Å². The zero-order valence-electron chi connectivity index (χ0n) is 12.2. The molecule has 0 bridgehead atoms. The number of halogens is 3. The second kappa shape index (κ2) is 7.16. The van der Waals surface area contributed by atoms with E-state index in [4.69, 9.17) is 0 Å². The summed E-state index contributed by atoms with van der Waals surface area (Å²) in [4.78, 5) is 0. The van der Waals surface area contributed by atoms with Crippen molar-refractivity contribution in [3.05, 3.63) is 29.8 Å². The summed E-state index contributed by atoms with van der Waals surface area (Å²) in [6.45, 7) is 0.898. The Balaban J connectivity index is 2.19. The SMILES string of the molecule is CNCC1CCCCCC1c1cccc(OC(F)(F)F)c1. The highest BCUT2D eigenvalue weighted by Crippen LogP contribution is 2.37. The van der Waals surface area contributed by atoms with E-state index < -0.39 is 6.36 Å². The first-order chi connectivity index (χ1) is 9.99. The van der Waals surface area contributed by atoms with Gasteiger partial charge in [-0.2, -0.15) is 0 Å². The van der Waals surface area contributed by atoms with Gasteiger partial charge >= 0.3 is 6.36 Å². The molecule has 2 unspecified atom stereocenters. The largest absolute Gasteiger partial charge is 0.573 e. The van der Waals surface area contributed by atoms with Gasteiger partial charge in [0.05, 0.1) is 0 Å². The number of nitrogens with one attached hydrogen (secondary N) is 1. The summed E-state index contributed by atoms with van der Waals surface area (Å²) in [6, 6.07) is 6.48. The second-order valence-corrected chi connectivity index (χ2v) is 5.68. The van der Waals surface area contributed by atoms with Gasteiger partial charge in [0.2, 0.25) is 0 Å². The lowest BCUT2D eigenvalue weighted by Gasteiger charge is -2.26. The highest BCUT2D eigenvalue weighted by atomic mass is 19.4. The van der Waals surface area contributed by atoms with Crippen molar-refractivity contribution in [3.63, 3.8) is 0 Å². The third kappa shape index (κ3) is 4.92. The van der Waals surface area contributed by atoms with Crippen LogP contribution in [0.25, 0.3) is 0 Å². The van der Waals surface area contributed by atoms with Gasteiger partial charge in [-0.3, -0.25) is 0 Å². The Morgan fingerprint density at radius 3 is 2.67 bits per heavy atom. The van der Waals surface area contributed by atoms with Gasteiger partial charge in [-0.25, -0.2) is 0 Å². The fourth-order valence-electron chi connectivity index (χ4n) is 3.27. The van der Waals surface area contributed by atoms with Gasteiger partial charge in [-0.15, -0.1) is 13.2 Å². The Hall–Kier alpha value is -1.23. The molecule has 1 fully saturated rings. The van der Waals surface area contributed by atoms with Crippen LogP contribution in [0.1, 0.15) is 43.6 Å². The highest BCUT2D eigenvalue weighted by Gasteiger charge is 2.31. The first-order valence-electron chi connectivity index (χ1n) is 7.50. The van der Waals surface area contributed by atoms with Crippen LogP contribution >= 0.6 is 0 Å². The minimum Gasteiger partial charge on any atom is -0.406 e. The van der Waals surface area contributed by atoms with Crippen LogP contribution < -0.4 is 10.1 Å². The van der Waals surface area contributed by atoms with Crippen LogP contribution in [0.2, 0.25) is 0 Å². The van der Waals surface area contributed by atoms with Gasteiger partial charge in [0.25, 0.3) is 0 Å². The van der Waals surface area contributed by atoms with E-state index in [1.54, 1.807) is 12.1 Å². The summed E-state index contributed by atoms with van der Waals surface area (Å²) in [5.74, 6) is 0.655. The first kappa shape index (κ1) is 16.1. The Morgan fingerprint density at radius 1 is 1.19 bits per heavy atom. The molecule has 5 heteroatoms. The lowest BCUT2D eigenvalue weighted by molar-refractivity contribution is -0.274. The molecule has 21 heavy (non-hydrogen) atoms. The van der Waals surface area contributed by atoms with Crippen LogP contribution in [0.3, 0.4) is 0 Å². The van der Waals surface area contributed by atoms with Gasteiger partial charge in [0.15, 0.2) is 0 Å². The van der Waals surface area contributed by atoms with Crippen molar-refractivity contribution < 1.29 is 17.9 Å². The summed E-state index contributed by atoms with van der Waals surface area (Å²) in [5.41, 5.74) is 0.957. The number of benzene rings is 1. The summed E-state index contributed by atoms with van der Waals surface area (Å²) in [7, 11) is 1.92. The molecule has 1 saturated carbocycles. The molecule has 0 spiro atoms. The quantitative estimate of drug-likeness (QED) is 0.829. The molecular formula is C16H22F3NO. The molecule has 118 valence electrons. The zero-order valence-corrected chi connectivity index (χ0v) is 12.2. The molecule has 2 nitrogen and oxygen atoms in total. The van der Waals surface area contributed by atoms with Crippen molar-refractivity contribution in [2.75, 3.05) is 13.6 Å². The van der Waals surface area contributed by atoms with Crippen LogP contribution in [-0.4, -0.2) is 20.0 Å². The van der Waals surface area contributed by atoms with Gasteiger partial charge in [-0.1, -0.05) is 31.4 Å². The number of hydrogen-bond acceptors (Lipinski definition) is 2. The van der Waals surface area contributed by atoms with E-state index in [9.17, 15) is 13.2 Å². The third-order valence-corrected chi connectivity index (χ3v) is 4.15. The van der Waals surface area contributed by atoms with Crippen molar-refractivity contribution in [2.45, 2.75) is 44.4 Å². The zero-order chi connectivity index (χ0) is 15.3. The molecule has 0 amide bonds. The molecule has 2 atom stereocenters. The van der Waals surface area contributed by atoms with Crippen molar-refractivity contribution in [1.82, 2.24) is 5.32 Å². The van der Waals surface area contributed by atoms with E-state index in [-0.39, 0.29) is 5.75 Å². The molecule has 1 aromatic carbocycles. The van der Waals surface area contributed by atoms with Crippen LogP contribution in [0, 0.1) is 5.92 Å². The van der Waals surface area contributed by atoms with Crippen LogP contribution in [0.15, 0.2) is 24.3 Å². The fraction of sp³-hybridized carbons (Fsp3) is 0.625. The van der Waals surface area contributed by atoms with E-state index in [2.05, 4.69) is 10.1 Å². The van der Waals surface area contributed by atoms with Gasteiger partial charge < -0.3 is 10.1 Å². The maximum Gasteiger partial charge on any atom is 0.573 e. The van der Waals surface area contributed by atoms with Crippen LogP contribution in [-0.2, 0) is 0 Å². The van der Waals surface area contributed by atoms with E-state index >= 15 is 0 Å². The Bertz CT molecular complexity index is 447. The minimum absolute atomic E-state index is 0.118. The molecule has 2 rings (SSSR count). The molecule has 0 saturated heterocycles. The Labute approximate surface area is 123 Å². The fourth-order valence-corrected chi connectivity index (χ4v) is 3.27. The molecule has 0 heterocycles. The van der Waals surface area contributed by atoms with E-state index in [0.29, 0.717) is 11.8 Å². The standard InChI is InChI=1S/C16H22F3NO/c1-20-11-13-6-3-2-4-9-15(13)12-7-5-8-14(10-12)21-16(17,18)19/h5,7-8,10,13,15,20H,2-4,6,9,11H2,1H3. The highest BCUT2D eigenvalue weighted by molar-refractivity contribution is 5.31. The lowest BCUT2D eigenvalue weighted by atomic mass is 9.82. The predicted octanol–water partition coefficient (Wildman–Crippen LogP) is 4.47. The monoisotopic (exact) mass is 301 g/mol. The summed E-state index contributed by atoms with van der Waals surface area (Å²) in [6.07, 6.45) is 1.05. The second-order valence-electron chi connectivity index (χ2n) is 5.68. The topological polar surface area (TPSA) is 21.3 Å². The Kier molecular flexibility index (Phi) is 5.51. The summed E-state index contributed by atoms with van der Waals surface area (Å²) >= 11 is 0. The van der Waals surface area contributed by atoms with Crippen molar-refractivity contribution in [1.29, 1.82) is 0 Å². The van der Waals surface area contributed by atoms with Gasteiger partial charge in [0.1, 0.15) is 5.75 Å². The summed E-state index contributed by atoms with van der Waals surface area (Å²) in [5, 5.41) is 3.21. The normalized spacial score (nSPS) is 23.6. The van der Waals surface area contributed by atoms with Crippen molar-refractivity contribution in [3.8, 4) is 5.75 Å². The third-order valence-electron chi connectivity index (χ3n) is 4.15. The predicted molar refractivity (Wildman–Crippen MR) is 76.4 cm³/mol. The number of ether oxygens (including phenoxy) is 1. The lowest BCUT2D eigenvalue weighted by Crippen LogP contribution is -2.24. The minimum atomic E-state index is -4.63. The van der Waals surface area contributed by atoms with Gasteiger partial charge in [-0.05, 0) is 56.0 Å². The van der Waals surface area contributed by atoms with E-state index in [1.165, 1.54) is 18.9 Å². The maximum absolute atomic E-state index is 12.3. The molecule has 0 radical (unpaired) electrons.